The van der Waals surface area contributed by atoms with Crippen LogP contribution in [0.4, 0.5) is 17.5 Å². The summed E-state index contributed by atoms with van der Waals surface area (Å²) in [5.74, 6) is 0.998. The monoisotopic (exact) mass is 338 g/mol. The third-order valence-corrected chi connectivity index (χ3v) is 3.79. The molecule has 7 nitrogen and oxygen atoms in total. The van der Waals surface area contributed by atoms with Crippen molar-refractivity contribution in [1.29, 1.82) is 0 Å². The Bertz CT molecular complexity index is 921. The molecular weight excluding hydrogens is 316 g/mol. The number of hydrogen-bond donors (Lipinski definition) is 4. The first-order valence-corrected chi connectivity index (χ1v) is 8.29. The van der Waals surface area contributed by atoms with Gasteiger partial charge >= 0.3 is 0 Å². The number of pyridine rings is 1. The Balaban J connectivity index is 1.97. The van der Waals surface area contributed by atoms with E-state index >= 15 is 0 Å². The number of aryl methyl sites for hydroxylation is 1. The summed E-state index contributed by atoms with van der Waals surface area (Å²) in [6.07, 6.45) is 2.55. The highest BCUT2D eigenvalue weighted by Crippen LogP contribution is 2.22. The molecule has 0 fully saturated rings. The lowest BCUT2D eigenvalue weighted by Crippen LogP contribution is -2.15. The van der Waals surface area contributed by atoms with Gasteiger partial charge in [-0.2, -0.15) is 4.98 Å². The second-order valence-electron chi connectivity index (χ2n) is 5.84. The van der Waals surface area contributed by atoms with E-state index in [1.807, 2.05) is 38.2 Å². The third kappa shape index (κ3) is 4.13. The van der Waals surface area contributed by atoms with Crippen LogP contribution in [0.1, 0.15) is 12.0 Å². The van der Waals surface area contributed by atoms with Gasteiger partial charge in [0.1, 0.15) is 11.2 Å². The zero-order valence-corrected chi connectivity index (χ0v) is 14.4. The van der Waals surface area contributed by atoms with Crippen LogP contribution in [0.5, 0.6) is 0 Å². The fourth-order valence-corrected chi connectivity index (χ4v) is 2.59. The Labute approximate surface area is 145 Å². The van der Waals surface area contributed by atoms with E-state index in [1.165, 1.54) is 0 Å². The van der Waals surface area contributed by atoms with Crippen molar-refractivity contribution < 1.29 is 0 Å². The molecule has 0 bridgehead atoms. The van der Waals surface area contributed by atoms with E-state index in [-0.39, 0.29) is 5.56 Å². The van der Waals surface area contributed by atoms with Crippen LogP contribution < -0.4 is 21.5 Å². The highest BCUT2D eigenvalue weighted by atomic mass is 16.1. The van der Waals surface area contributed by atoms with Crippen molar-refractivity contribution >= 4 is 28.4 Å². The van der Waals surface area contributed by atoms with Crippen LogP contribution in [0, 0.1) is 6.92 Å². The van der Waals surface area contributed by atoms with Gasteiger partial charge in [0.15, 0.2) is 0 Å². The van der Waals surface area contributed by atoms with Crippen LogP contribution in [0.2, 0.25) is 0 Å². The molecular formula is C18H22N6O. The van der Waals surface area contributed by atoms with E-state index in [1.54, 1.807) is 12.3 Å². The molecule has 3 rings (SSSR count). The number of rotatable bonds is 7. The number of nitrogens with one attached hydrogen (secondary N) is 4. The number of hydrogen-bond acceptors (Lipinski definition) is 6. The van der Waals surface area contributed by atoms with Crippen LogP contribution in [0.25, 0.3) is 10.9 Å². The molecule has 0 unspecified atom stereocenters. The first kappa shape index (κ1) is 16.9. The Kier molecular flexibility index (Phi) is 5.25. The predicted molar refractivity (Wildman–Crippen MR) is 102 cm³/mol. The quantitative estimate of drug-likeness (QED) is 0.494. The number of aromatic nitrogens is 3. The van der Waals surface area contributed by atoms with Crippen molar-refractivity contribution in [1.82, 2.24) is 20.3 Å². The summed E-state index contributed by atoms with van der Waals surface area (Å²) in [5, 5.41) is 10.0. The Hall–Kier alpha value is -2.93. The molecule has 25 heavy (non-hydrogen) atoms. The van der Waals surface area contributed by atoms with Gasteiger partial charge in [0.25, 0.3) is 5.56 Å². The molecule has 0 aliphatic heterocycles. The largest absolute Gasteiger partial charge is 0.354 e. The fraction of sp³-hybridized carbons (Fsp3) is 0.278. The van der Waals surface area contributed by atoms with Gasteiger partial charge in [0.2, 0.25) is 5.95 Å². The number of anilines is 3. The lowest BCUT2D eigenvalue weighted by atomic mass is 10.2. The predicted octanol–water partition coefficient (Wildman–Crippen LogP) is 2.39. The van der Waals surface area contributed by atoms with Crippen molar-refractivity contribution in [3.05, 3.63) is 52.4 Å². The maximum Gasteiger partial charge on any atom is 0.261 e. The van der Waals surface area contributed by atoms with Crippen LogP contribution in [0.15, 0.2) is 41.3 Å². The van der Waals surface area contributed by atoms with Crippen molar-refractivity contribution in [2.75, 3.05) is 30.8 Å². The molecule has 1 aromatic carbocycles. The summed E-state index contributed by atoms with van der Waals surface area (Å²) in [6, 6.07) is 9.70. The summed E-state index contributed by atoms with van der Waals surface area (Å²) in [4.78, 5) is 23.9. The zero-order valence-electron chi connectivity index (χ0n) is 14.4. The van der Waals surface area contributed by atoms with Crippen molar-refractivity contribution in [3.63, 3.8) is 0 Å². The molecule has 0 spiro atoms. The molecule has 0 atom stereocenters. The van der Waals surface area contributed by atoms with Gasteiger partial charge in [-0.15, -0.1) is 0 Å². The highest BCUT2D eigenvalue weighted by molar-refractivity contribution is 5.90. The van der Waals surface area contributed by atoms with Crippen molar-refractivity contribution in [2.45, 2.75) is 13.3 Å². The van der Waals surface area contributed by atoms with Crippen molar-refractivity contribution in [2.24, 2.45) is 0 Å². The van der Waals surface area contributed by atoms with E-state index in [0.717, 1.165) is 30.8 Å². The Morgan fingerprint density at radius 1 is 1.16 bits per heavy atom. The smallest absolute Gasteiger partial charge is 0.261 e. The van der Waals surface area contributed by atoms with Crippen LogP contribution >= 0.6 is 0 Å². The lowest BCUT2D eigenvalue weighted by molar-refractivity contribution is 0.745. The topological polar surface area (TPSA) is 94.7 Å². The molecule has 0 amide bonds. The number of aromatic amines is 1. The fourth-order valence-electron chi connectivity index (χ4n) is 2.59. The molecule has 0 aliphatic carbocycles. The highest BCUT2D eigenvalue weighted by Gasteiger charge is 2.11. The molecule has 4 N–H and O–H groups in total. The van der Waals surface area contributed by atoms with Crippen LogP contribution in [-0.4, -0.2) is 35.1 Å². The van der Waals surface area contributed by atoms with E-state index < -0.39 is 0 Å². The van der Waals surface area contributed by atoms with Gasteiger partial charge in [-0.05, 0) is 50.7 Å². The molecule has 130 valence electrons. The first-order valence-electron chi connectivity index (χ1n) is 8.29. The maximum atomic E-state index is 12.3. The minimum Gasteiger partial charge on any atom is -0.354 e. The average Bonchev–Trinajstić information content (AvgIpc) is 2.59. The van der Waals surface area contributed by atoms with Crippen LogP contribution in [-0.2, 0) is 0 Å². The average molecular weight is 338 g/mol. The summed E-state index contributed by atoms with van der Waals surface area (Å²) in [6.45, 7) is 3.68. The van der Waals surface area contributed by atoms with Gasteiger partial charge in [-0.3, -0.25) is 4.79 Å². The van der Waals surface area contributed by atoms with Gasteiger partial charge in [0.05, 0.1) is 5.52 Å². The molecule has 0 saturated carbocycles. The van der Waals surface area contributed by atoms with E-state index in [2.05, 4.69) is 30.9 Å². The molecule has 2 aromatic heterocycles. The standard InChI is InChI=1S/C18H22N6O/c1-12-5-3-6-13(11-12)22-16-15-14(7-10-20-17(15)25)23-18(24-16)21-9-4-8-19-2/h3,5-7,10-11,19H,4,8-9H2,1-2H3,(H,20,25)(H2,21,22,23,24). The molecule has 0 radical (unpaired) electrons. The molecule has 0 aliphatic rings. The first-order chi connectivity index (χ1) is 12.2. The minimum absolute atomic E-state index is 0.214. The second-order valence-corrected chi connectivity index (χ2v) is 5.84. The number of H-pyrrole nitrogens is 1. The molecule has 7 heteroatoms. The normalized spacial score (nSPS) is 10.8. The zero-order chi connectivity index (χ0) is 17.6. The van der Waals surface area contributed by atoms with Gasteiger partial charge < -0.3 is 20.9 Å². The summed E-state index contributed by atoms with van der Waals surface area (Å²) < 4.78 is 0. The van der Waals surface area contributed by atoms with Crippen LogP contribution in [0.3, 0.4) is 0 Å². The summed E-state index contributed by atoms with van der Waals surface area (Å²) in [7, 11) is 1.92. The molecule has 0 saturated heterocycles. The Morgan fingerprint density at radius 3 is 2.84 bits per heavy atom. The van der Waals surface area contributed by atoms with Gasteiger partial charge in [-0.25, -0.2) is 4.98 Å². The molecule has 2 heterocycles. The second kappa shape index (κ2) is 7.76. The van der Waals surface area contributed by atoms with E-state index in [4.69, 9.17) is 0 Å². The summed E-state index contributed by atoms with van der Waals surface area (Å²) in [5.41, 5.74) is 2.39. The number of nitrogens with zero attached hydrogens (tertiary/aromatic N) is 2. The van der Waals surface area contributed by atoms with E-state index in [0.29, 0.717) is 22.7 Å². The number of benzene rings is 1. The van der Waals surface area contributed by atoms with E-state index in [9.17, 15) is 4.79 Å². The third-order valence-electron chi connectivity index (χ3n) is 3.79. The minimum atomic E-state index is -0.214. The number of fused-ring (bicyclic) bond motifs is 1. The lowest BCUT2D eigenvalue weighted by Gasteiger charge is -2.11. The summed E-state index contributed by atoms with van der Waals surface area (Å²) >= 11 is 0. The maximum absolute atomic E-state index is 12.3. The SMILES string of the molecule is CNCCCNc1nc(Nc2cccc(C)c2)c2c(=O)[nH]ccc2n1. The van der Waals surface area contributed by atoms with Crippen molar-refractivity contribution in [3.8, 4) is 0 Å². The molecule has 3 aromatic rings. The van der Waals surface area contributed by atoms with Gasteiger partial charge in [0, 0.05) is 18.4 Å². The van der Waals surface area contributed by atoms with Gasteiger partial charge in [-0.1, -0.05) is 12.1 Å². The Morgan fingerprint density at radius 2 is 2.04 bits per heavy atom.